The number of carbonyl (C=O) groups is 1. The van der Waals surface area contributed by atoms with Crippen molar-refractivity contribution < 1.29 is 13.6 Å². The molecule has 0 aliphatic rings. The van der Waals surface area contributed by atoms with E-state index in [-0.39, 0.29) is 0 Å². The minimum absolute atomic E-state index is 0.418. The van der Waals surface area contributed by atoms with E-state index in [0.29, 0.717) is 0 Å². The molecule has 0 atom stereocenters. The summed E-state index contributed by atoms with van der Waals surface area (Å²) in [7, 11) is 0. The second-order valence-electron chi connectivity index (χ2n) is 2.44. The summed E-state index contributed by atoms with van der Waals surface area (Å²) < 4.78 is 25.1. The number of hydrogen-bond acceptors (Lipinski definition) is 3. The lowest BCUT2D eigenvalue weighted by Gasteiger charge is -2.07. The molecule has 0 aliphatic heterocycles. The maximum Gasteiger partial charge on any atom is 0.266 e. The van der Waals surface area contributed by atoms with Gasteiger partial charge in [-0.3, -0.25) is 4.79 Å². The van der Waals surface area contributed by atoms with Gasteiger partial charge in [-0.2, -0.15) is 5.26 Å². The summed E-state index contributed by atoms with van der Waals surface area (Å²) in [4.78, 5) is 14.3. The Bertz CT molecular complexity index is 457. The molecule has 1 rings (SSSR count). The first-order chi connectivity index (χ1) is 6.99. The lowest BCUT2D eigenvalue weighted by Crippen LogP contribution is -2.04. The van der Waals surface area contributed by atoms with E-state index < -0.39 is 33.5 Å². The van der Waals surface area contributed by atoms with Crippen LogP contribution >= 0.6 is 23.2 Å². The van der Waals surface area contributed by atoms with Crippen LogP contribution in [0.5, 0.6) is 0 Å². The molecule has 0 aromatic carbocycles. The summed E-state index contributed by atoms with van der Waals surface area (Å²) in [6.07, 6.45) is -2.15. The van der Waals surface area contributed by atoms with Crippen molar-refractivity contribution in [2.75, 3.05) is 0 Å². The molecule has 0 saturated carbocycles. The Labute approximate surface area is 93.2 Å². The SMILES string of the molecule is N#Cc1cnc(Cl)c(C(=O)Cl)c1C(F)F. The second-order valence-corrected chi connectivity index (χ2v) is 3.14. The highest BCUT2D eigenvalue weighted by Gasteiger charge is 2.25. The third kappa shape index (κ3) is 2.22. The number of nitrogens with zero attached hydrogens (tertiary/aromatic N) is 2. The smallest absolute Gasteiger partial charge is 0.266 e. The van der Waals surface area contributed by atoms with Gasteiger partial charge in [0, 0.05) is 6.20 Å². The Hall–Kier alpha value is -1.25. The summed E-state index contributed by atoms with van der Waals surface area (Å²) in [6.45, 7) is 0. The Morgan fingerprint density at radius 3 is 2.60 bits per heavy atom. The number of hydrogen-bond donors (Lipinski definition) is 0. The predicted molar refractivity (Wildman–Crippen MR) is 49.1 cm³/mol. The standard InChI is InChI=1S/C8H2Cl2F2N2O/c9-6-5(7(10)15)4(8(11)12)3(1-13)2-14-6/h2,8H. The number of aromatic nitrogens is 1. The lowest BCUT2D eigenvalue weighted by molar-refractivity contribution is 0.106. The Balaban J connectivity index is 3.60. The van der Waals surface area contributed by atoms with E-state index in [1.165, 1.54) is 6.07 Å². The quantitative estimate of drug-likeness (QED) is 0.599. The lowest BCUT2D eigenvalue weighted by atomic mass is 10.1. The Morgan fingerprint density at radius 2 is 2.20 bits per heavy atom. The number of carbonyl (C=O) groups excluding carboxylic acids is 1. The van der Waals surface area contributed by atoms with Crippen molar-refractivity contribution in [3.8, 4) is 6.07 Å². The van der Waals surface area contributed by atoms with E-state index in [1.807, 2.05) is 0 Å². The molecule has 7 heteroatoms. The van der Waals surface area contributed by atoms with Crippen molar-refractivity contribution >= 4 is 28.4 Å². The zero-order valence-corrected chi connectivity index (χ0v) is 8.48. The molecule has 0 aliphatic carbocycles. The molecule has 3 nitrogen and oxygen atoms in total. The first-order valence-corrected chi connectivity index (χ1v) is 4.31. The average molecular weight is 251 g/mol. The summed E-state index contributed by atoms with van der Waals surface area (Å²) in [6, 6.07) is 1.49. The molecule has 0 saturated heterocycles. The fraction of sp³-hybridized carbons (Fsp3) is 0.125. The molecule has 1 heterocycles. The molecule has 0 spiro atoms. The first kappa shape index (κ1) is 11.8. The molecule has 0 N–H and O–H groups in total. The molecule has 0 radical (unpaired) electrons. The molecular formula is C8H2Cl2F2N2O. The molecular weight excluding hydrogens is 249 g/mol. The molecule has 0 fully saturated rings. The highest BCUT2D eigenvalue weighted by molar-refractivity contribution is 6.68. The summed E-state index contributed by atoms with van der Waals surface area (Å²) in [5.41, 5.74) is -1.82. The van der Waals surface area contributed by atoms with Crippen LogP contribution < -0.4 is 0 Å². The fourth-order valence-corrected chi connectivity index (χ4v) is 1.48. The van der Waals surface area contributed by atoms with Crippen LogP contribution in [-0.2, 0) is 0 Å². The molecule has 15 heavy (non-hydrogen) atoms. The van der Waals surface area contributed by atoms with Crippen LogP contribution in [0.15, 0.2) is 6.20 Å². The van der Waals surface area contributed by atoms with Gasteiger partial charge in [0.1, 0.15) is 11.2 Å². The van der Waals surface area contributed by atoms with E-state index in [2.05, 4.69) is 4.98 Å². The third-order valence-electron chi connectivity index (χ3n) is 1.61. The van der Waals surface area contributed by atoms with E-state index in [4.69, 9.17) is 28.5 Å². The topological polar surface area (TPSA) is 53.8 Å². The van der Waals surface area contributed by atoms with Gasteiger partial charge in [0.05, 0.1) is 16.7 Å². The molecule has 0 bridgehead atoms. The molecule has 1 aromatic rings. The third-order valence-corrected chi connectivity index (χ3v) is 2.08. The summed E-state index contributed by atoms with van der Waals surface area (Å²) >= 11 is 10.5. The van der Waals surface area contributed by atoms with Gasteiger partial charge >= 0.3 is 0 Å². The molecule has 1 aromatic heterocycles. The van der Waals surface area contributed by atoms with Crippen molar-refractivity contribution in [2.24, 2.45) is 0 Å². The van der Waals surface area contributed by atoms with Gasteiger partial charge in [-0.25, -0.2) is 13.8 Å². The zero-order valence-electron chi connectivity index (χ0n) is 6.97. The van der Waals surface area contributed by atoms with Crippen molar-refractivity contribution in [2.45, 2.75) is 6.43 Å². The fourth-order valence-electron chi connectivity index (χ4n) is 1.00. The average Bonchev–Trinajstić information content (AvgIpc) is 2.16. The number of halogens is 4. The first-order valence-electron chi connectivity index (χ1n) is 3.55. The van der Waals surface area contributed by atoms with Gasteiger partial charge in [-0.1, -0.05) is 11.6 Å². The molecule has 0 amide bonds. The van der Waals surface area contributed by atoms with Crippen LogP contribution in [0.25, 0.3) is 0 Å². The van der Waals surface area contributed by atoms with Crippen LogP contribution in [0.2, 0.25) is 5.15 Å². The predicted octanol–water partition coefficient (Wildman–Crippen LogP) is 2.92. The summed E-state index contributed by atoms with van der Waals surface area (Å²) in [5, 5.41) is 6.94. The van der Waals surface area contributed by atoms with Crippen LogP contribution in [-0.4, -0.2) is 10.2 Å². The number of pyridine rings is 1. The van der Waals surface area contributed by atoms with Crippen molar-refractivity contribution in [1.29, 1.82) is 5.26 Å². The minimum atomic E-state index is -3.02. The van der Waals surface area contributed by atoms with Crippen molar-refractivity contribution in [3.63, 3.8) is 0 Å². The van der Waals surface area contributed by atoms with Gasteiger partial charge in [0.25, 0.3) is 11.7 Å². The van der Waals surface area contributed by atoms with Gasteiger partial charge in [0.2, 0.25) is 0 Å². The molecule has 78 valence electrons. The van der Waals surface area contributed by atoms with E-state index in [9.17, 15) is 13.6 Å². The van der Waals surface area contributed by atoms with Crippen LogP contribution in [0.1, 0.15) is 27.9 Å². The maximum absolute atomic E-state index is 12.6. The largest absolute Gasteiger partial charge is 0.275 e. The minimum Gasteiger partial charge on any atom is -0.275 e. The van der Waals surface area contributed by atoms with E-state index in [0.717, 1.165) is 6.20 Å². The van der Waals surface area contributed by atoms with Crippen LogP contribution in [0, 0.1) is 11.3 Å². The number of nitriles is 1. The highest BCUT2D eigenvalue weighted by atomic mass is 35.5. The van der Waals surface area contributed by atoms with Gasteiger partial charge in [0.15, 0.2) is 0 Å². The Morgan fingerprint density at radius 1 is 1.60 bits per heavy atom. The maximum atomic E-state index is 12.6. The normalized spacial score (nSPS) is 10.1. The van der Waals surface area contributed by atoms with Crippen molar-refractivity contribution in [3.05, 3.63) is 28.0 Å². The monoisotopic (exact) mass is 250 g/mol. The molecule has 0 unspecified atom stereocenters. The van der Waals surface area contributed by atoms with Crippen LogP contribution in [0.3, 0.4) is 0 Å². The van der Waals surface area contributed by atoms with Crippen LogP contribution in [0.4, 0.5) is 8.78 Å². The van der Waals surface area contributed by atoms with E-state index >= 15 is 0 Å². The number of alkyl halides is 2. The second kappa shape index (κ2) is 4.51. The summed E-state index contributed by atoms with van der Waals surface area (Å²) in [5.74, 6) is 0. The van der Waals surface area contributed by atoms with Gasteiger partial charge in [-0.15, -0.1) is 0 Å². The highest BCUT2D eigenvalue weighted by Crippen LogP contribution is 2.30. The Kier molecular flexibility index (Phi) is 3.56. The van der Waals surface area contributed by atoms with E-state index in [1.54, 1.807) is 0 Å². The van der Waals surface area contributed by atoms with Gasteiger partial charge in [-0.05, 0) is 11.6 Å². The van der Waals surface area contributed by atoms with Gasteiger partial charge < -0.3 is 0 Å². The van der Waals surface area contributed by atoms with Crippen molar-refractivity contribution in [1.82, 2.24) is 4.98 Å². The zero-order chi connectivity index (χ0) is 11.6. The number of rotatable bonds is 2.